The number of rotatable bonds is 0. The van der Waals surface area contributed by atoms with Gasteiger partial charge in [-0.15, -0.1) is 0 Å². The van der Waals surface area contributed by atoms with Gasteiger partial charge in [-0.25, -0.2) is 0 Å². The van der Waals surface area contributed by atoms with E-state index in [9.17, 15) is 0 Å². The molecule has 0 spiro atoms. The van der Waals surface area contributed by atoms with Crippen molar-refractivity contribution in [3.8, 4) is 0 Å². The monoisotopic (exact) mass is 178 g/mol. The first kappa shape index (κ1) is 7.68. The zero-order valence-electron chi connectivity index (χ0n) is 7.53. The van der Waals surface area contributed by atoms with Crippen LogP contribution in [0.3, 0.4) is 0 Å². The van der Waals surface area contributed by atoms with E-state index < -0.39 is 0 Å². The third-order valence-corrected chi connectivity index (χ3v) is 2.43. The summed E-state index contributed by atoms with van der Waals surface area (Å²) in [7, 11) is 5.83. The Morgan fingerprint density at radius 3 is 2.57 bits per heavy atom. The van der Waals surface area contributed by atoms with Crippen molar-refractivity contribution in [3.05, 3.63) is 42.5 Å². The maximum atomic E-state index is 5.83. The molecule has 0 N–H and O–H groups in total. The molecule has 0 unspecified atom stereocenters. The van der Waals surface area contributed by atoms with Gasteiger partial charge in [0, 0.05) is 10.8 Å². The number of furan rings is 1. The maximum Gasteiger partial charge on any atom is 0.135 e. The fourth-order valence-corrected chi connectivity index (χ4v) is 1.77. The Bertz CT molecular complexity index is 610. The summed E-state index contributed by atoms with van der Waals surface area (Å²) < 4.78 is 5.66. The lowest BCUT2D eigenvalue weighted by molar-refractivity contribution is 0.671. The number of hydrogen-bond acceptors (Lipinski definition) is 1. The molecule has 2 heteroatoms. The molecule has 3 rings (SSSR count). The van der Waals surface area contributed by atoms with Gasteiger partial charge in [0.1, 0.15) is 19.0 Å². The molecule has 1 heterocycles. The smallest absolute Gasteiger partial charge is 0.135 e. The van der Waals surface area contributed by atoms with Gasteiger partial charge in [0.25, 0.3) is 0 Å². The van der Waals surface area contributed by atoms with Crippen LogP contribution in [0.1, 0.15) is 0 Å². The van der Waals surface area contributed by atoms with Crippen molar-refractivity contribution in [2.45, 2.75) is 0 Å². The molecule has 0 aliphatic heterocycles. The molecule has 0 bridgehead atoms. The maximum absolute atomic E-state index is 5.83. The van der Waals surface area contributed by atoms with Crippen LogP contribution in [-0.2, 0) is 0 Å². The second-order valence-corrected chi connectivity index (χ2v) is 3.32. The summed E-state index contributed by atoms with van der Waals surface area (Å²) in [4.78, 5) is 0. The molecule has 2 aromatic carbocycles. The molecule has 0 fully saturated rings. The van der Waals surface area contributed by atoms with E-state index in [1.54, 1.807) is 0 Å². The Hall–Kier alpha value is -1.70. The van der Waals surface area contributed by atoms with Crippen molar-refractivity contribution in [2.75, 3.05) is 0 Å². The van der Waals surface area contributed by atoms with Crippen molar-refractivity contribution < 1.29 is 4.42 Å². The zero-order valence-corrected chi connectivity index (χ0v) is 7.53. The third kappa shape index (κ3) is 0.910. The molecule has 1 nitrogen and oxygen atoms in total. The highest BCUT2D eigenvalue weighted by molar-refractivity contribution is 6.39. The Morgan fingerprint density at radius 2 is 1.64 bits per heavy atom. The van der Waals surface area contributed by atoms with Crippen LogP contribution >= 0.6 is 0 Å². The van der Waals surface area contributed by atoms with E-state index in [2.05, 4.69) is 0 Å². The van der Waals surface area contributed by atoms with Crippen LogP contribution in [0.4, 0.5) is 0 Å². The van der Waals surface area contributed by atoms with E-state index in [0.717, 1.165) is 21.9 Å². The molecule has 0 aliphatic carbocycles. The van der Waals surface area contributed by atoms with Crippen LogP contribution in [0.5, 0.6) is 0 Å². The minimum absolute atomic E-state index is 0.693. The summed E-state index contributed by atoms with van der Waals surface area (Å²) in [5.41, 5.74) is 2.37. The van der Waals surface area contributed by atoms with Crippen LogP contribution in [0.15, 0.2) is 46.9 Å². The summed E-state index contributed by atoms with van der Waals surface area (Å²) in [5, 5.41) is 2.20. The second kappa shape index (κ2) is 2.64. The van der Waals surface area contributed by atoms with Crippen LogP contribution in [0, 0.1) is 0 Å². The number of hydrogen-bond donors (Lipinski definition) is 0. The lowest BCUT2D eigenvalue weighted by Gasteiger charge is -1.91. The average Bonchev–Trinajstić information content (AvgIpc) is 2.59. The summed E-state index contributed by atoms with van der Waals surface area (Å²) >= 11 is 0. The highest BCUT2D eigenvalue weighted by Gasteiger charge is 2.06. The van der Waals surface area contributed by atoms with Gasteiger partial charge in [-0.1, -0.05) is 41.9 Å². The molecule has 14 heavy (non-hydrogen) atoms. The van der Waals surface area contributed by atoms with Gasteiger partial charge in [-0.3, -0.25) is 0 Å². The first-order valence-corrected chi connectivity index (χ1v) is 4.52. The first-order chi connectivity index (χ1) is 6.86. The van der Waals surface area contributed by atoms with E-state index in [0.29, 0.717) is 5.46 Å². The van der Waals surface area contributed by atoms with Crippen molar-refractivity contribution in [1.82, 2.24) is 0 Å². The van der Waals surface area contributed by atoms with Gasteiger partial charge in [0.05, 0.1) is 0 Å². The lowest BCUT2D eigenvalue weighted by Crippen LogP contribution is -2.00. The van der Waals surface area contributed by atoms with E-state index in [1.165, 1.54) is 0 Å². The molecule has 0 saturated carbocycles. The van der Waals surface area contributed by atoms with Crippen molar-refractivity contribution in [1.29, 1.82) is 0 Å². The zero-order chi connectivity index (χ0) is 9.54. The van der Waals surface area contributed by atoms with Gasteiger partial charge in [0.15, 0.2) is 0 Å². The molecule has 1 aromatic heterocycles. The van der Waals surface area contributed by atoms with Crippen molar-refractivity contribution in [3.63, 3.8) is 0 Å². The summed E-state index contributed by atoms with van der Waals surface area (Å²) in [6, 6.07) is 13.8. The largest absolute Gasteiger partial charge is 0.457 e. The molecule has 0 aliphatic rings. The summed E-state index contributed by atoms with van der Waals surface area (Å²) in [6.45, 7) is 0. The van der Waals surface area contributed by atoms with Crippen LogP contribution in [-0.4, -0.2) is 7.85 Å². The van der Waals surface area contributed by atoms with Crippen LogP contribution in [0.2, 0.25) is 0 Å². The minimum atomic E-state index is 0.693. The lowest BCUT2D eigenvalue weighted by atomic mass is 9.94. The highest BCUT2D eigenvalue weighted by atomic mass is 16.3. The predicted octanol–water partition coefficient (Wildman–Crippen LogP) is 2.38. The van der Waals surface area contributed by atoms with Gasteiger partial charge in [-0.05, 0) is 6.07 Å². The topological polar surface area (TPSA) is 13.1 Å². The second-order valence-electron chi connectivity index (χ2n) is 3.32. The van der Waals surface area contributed by atoms with E-state index >= 15 is 0 Å². The Balaban J connectivity index is 2.63. The Kier molecular flexibility index (Phi) is 1.45. The quantitative estimate of drug-likeness (QED) is 0.481. The number of fused-ring (bicyclic) bond motifs is 3. The van der Waals surface area contributed by atoms with Crippen LogP contribution < -0.4 is 5.46 Å². The van der Waals surface area contributed by atoms with E-state index in [4.69, 9.17) is 12.3 Å². The van der Waals surface area contributed by atoms with Gasteiger partial charge in [0.2, 0.25) is 0 Å². The SMILES string of the molecule is [B]c1cccc2c1oc1ccccc12. The van der Waals surface area contributed by atoms with Gasteiger partial charge in [-0.2, -0.15) is 0 Å². The average molecular weight is 178 g/mol. The number of benzene rings is 2. The fraction of sp³-hybridized carbons (Fsp3) is 0. The molecule has 0 saturated heterocycles. The summed E-state index contributed by atoms with van der Waals surface area (Å²) in [6.07, 6.45) is 0. The fourth-order valence-electron chi connectivity index (χ4n) is 1.77. The number of para-hydroxylation sites is 2. The Labute approximate surface area is 82.7 Å². The molecule has 3 aromatic rings. The van der Waals surface area contributed by atoms with E-state index in [1.807, 2.05) is 42.5 Å². The van der Waals surface area contributed by atoms with Crippen molar-refractivity contribution in [2.24, 2.45) is 0 Å². The summed E-state index contributed by atoms with van der Waals surface area (Å²) in [5.74, 6) is 0. The van der Waals surface area contributed by atoms with Crippen LogP contribution in [0.25, 0.3) is 21.9 Å². The molecule has 64 valence electrons. The Morgan fingerprint density at radius 1 is 0.857 bits per heavy atom. The van der Waals surface area contributed by atoms with Gasteiger partial charge < -0.3 is 4.42 Å². The van der Waals surface area contributed by atoms with E-state index in [-0.39, 0.29) is 0 Å². The molecule has 0 atom stereocenters. The molecule has 2 radical (unpaired) electrons. The van der Waals surface area contributed by atoms with Gasteiger partial charge >= 0.3 is 0 Å². The van der Waals surface area contributed by atoms with Crippen molar-refractivity contribution >= 4 is 35.2 Å². The standard InChI is InChI=1S/C12H7BO/c13-10-6-3-5-9-8-4-1-2-7-11(8)14-12(9)10/h1-7H. The predicted molar refractivity (Wildman–Crippen MR) is 59.1 cm³/mol. The normalized spacial score (nSPS) is 11.1. The molecular weight excluding hydrogens is 171 g/mol. The highest BCUT2D eigenvalue weighted by Crippen LogP contribution is 2.26. The molecular formula is C12H7BO. The third-order valence-electron chi connectivity index (χ3n) is 2.43. The minimum Gasteiger partial charge on any atom is -0.457 e. The molecule has 0 amide bonds. The first-order valence-electron chi connectivity index (χ1n) is 4.52.